The normalized spacial score (nSPS) is 23.6. The zero-order valence-electron chi connectivity index (χ0n) is 18.6. The van der Waals surface area contributed by atoms with Crippen molar-refractivity contribution in [2.75, 3.05) is 59.5 Å². The largest absolute Gasteiger partial charge is 0.379 e. The topological polar surface area (TPSA) is 61.4 Å². The van der Waals surface area contributed by atoms with Crippen molar-refractivity contribution in [3.8, 4) is 0 Å². The van der Waals surface area contributed by atoms with Crippen molar-refractivity contribution in [1.29, 1.82) is 0 Å². The summed E-state index contributed by atoms with van der Waals surface area (Å²) in [7, 11) is 1.83. The van der Waals surface area contributed by atoms with Crippen molar-refractivity contribution in [1.82, 2.24) is 20.4 Å². The van der Waals surface area contributed by atoms with Gasteiger partial charge in [-0.05, 0) is 25.0 Å². The van der Waals surface area contributed by atoms with Gasteiger partial charge in [-0.3, -0.25) is 14.8 Å². The van der Waals surface area contributed by atoms with Crippen LogP contribution < -0.4 is 10.6 Å². The van der Waals surface area contributed by atoms with Crippen LogP contribution in [0.5, 0.6) is 0 Å². The summed E-state index contributed by atoms with van der Waals surface area (Å²) in [6.45, 7) is 13.6. The molecular formula is C22H38IN5O2. The highest BCUT2D eigenvalue weighted by molar-refractivity contribution is 14.0. The van der Waals surface area contributed by atoms with Gasteiger partial charge in [0.05, 0.1) is 25.4 Å². The number of morpholine rings is 2. The van der Waals surface area contributed by atoms with Crippen molar-refractivity contribution in [2.45, 2.75) is 39.1 Å². The van der Waals surface area contributed by atoms with Crippen LogP contribution in [0.3, 0.4) is 0 Å². The monoisotopic (exact) mass is 531 g/mol. The second kappa shape index (κ2) is 13.5. The molecule has 0 spiro atoms. The van der Waals surface area contributed by atoms with Gasteiger partial charge in [-0.15, -0.1) is 24.0 Å². The Hall–Kier alpha value is -0.940. The van der Waals surface area contributed by atoms with E-state index < -0.39 is 0 Å². The van der Waals surface area contributed by atoms with E-state index in [2.05, 4.69) is 63.5 Å². The average molecular weight is 531 g/mol. The zero-order valence-corrected chi connectivity index (χ0v) is 20.9. The Morgan fingerprint density at radius 2 is 1.70 bits per heavy atom. The summed E-state index contributed by atoms with van der Waals surface area (Å²) in [6, 6.07) is 8.67. The summed E-state index contributed by atoms with van der Waals surface area (Å²) in [6.07, 6.45) is 0.581. The number of ether oxygens (including phenoxy) is 2. The third-order valence-corrected chi connectivity index (χ3v) is 5.50. The van der Waals surface area contributed by atoms with E-state index in [9.17, 15) is 0 Å². The molecule has 2 heterocycles. The van der Waals surface area contributed by atoms with Crippen molar-refractivity contribution in [3.05, 3.63) is 35.4 Å². The molecule has 2 aliphatic rings. The molecule has 2 atom stereocenters. The van der Waals surface area contributed by atoms with Gasteiger partial charge in [0, 0.05) is 59.4 Å². The lowest BCUT2D eigenvalue weighted by atomic mass is 10.1. The van der Waals surface area contributed by atoms with Crippen LogP contribution in [0, 0.1) is 0 Å². The summed E-state index contributed by atoms with van der Waals surface area (Å²) in [5, 5.41) is 6.90. The molecule has 2 N–H and O–H groups in total. The third kappa shape index (κ3) is 8.30. The molecule has 2 fully saturated rings. The van der Waals surface area contributed by atoms with Gasteiger partial charge in [0.2, 0.25) is 0 Å². The summed E-state index contributed by atoms with van der Waals surface area (Å²) in [5.74, 6) is 0.849. The lowest BCUT2D eigenvalue weighted by Gasteiger charge is -2.35. The Morgan fingerprint density at radius 1 is 1.03 bits per heavy atom. The molecule has 170 valence electrons. The molecule has 2 aliphatic heterocycles. The van der Waals surface area contributed by atoms with E-state index in [-0.39, 0.29) is 24.0 Å². The minimum Gasteiger partial charge on any atom is -0.379 e. The number of hydrogen-bond donors (Lipinski definition) is 2. The van der Waals surface area contributed by atoms with Crippen molar-refractivity contribution in [3.63, 3.8) is 0 Å². The molecule has 1 aromatic carbocycles. The van der Waals surface area contributed by atoms with Gasteiger partial charge >= 0.3 is 0 Å². The van der Waals surface area contributed by atoms with Gasteiger partial charge in [-0.25, -0.2) is 0 Å². The van der Waals surface area contributed by atoms with Crippen LogP contribution in [0.1, 0.15) is 25.0 Å². The molecule has 0 aliphatic carbocycles. The number of guanidine groups is 1. The van der Waals surface area contributed by atoms with E-state index in [4.69, 9.17) is 9.47 Å². The van der Waals surface area contributed by atoms with Crippen LogP contribution in [-0.4, -0.2) is 87.5 Å². The Morgan fingerprint density at radius 3 is 2.37 bits per heavy atom. The molecule has 30 heavy (non-hydrogen) atoms. The van der Waals surface area contributed by atoms with Crippen LogP contribution in [0.15, 0.2) is 29.3 Å². The van der Waals surface area contributed by atoms with E-state index in [1.165, 1.54) is 11.1 Å². The Kier molecular flexibility index (Phi) is 11.4. The lowest BCUT2D eigenvalue weighted by Crippen LogP contribution is -2.45. The van der Waals surface area contributed by atoms with Crippen LogP contribution in [0.4, 0.5) is 0 Å². The first kappa shape index (κ1) is 25.3. The van der Waals surface area contributed by atoms with Gasteiger partial charge in [-0.1, -0.05) is 24.3 Å². The summed E-state index contributed by atoms with van der Waals surface area (Å²) in [4.78, 5) is 9.29. The fourth-order valence-electron chi connectivity index (χ4n) is 4.10. The number of rotatable bonds is 7. The van der Waals surface area contributed by atoms with Crippen LogP contribution >= 0.6 is 24.0 Å². The zero-order chi connectivity index (χ0) is 20.5. The van der Waals surface area contributed by atoms with E-state index >= 15 is 0 Å². The molecule has 0 radical (unpaired) electrons. The van der Waals surface area contributed by atoms with E-state index in [1.807, 2.05) is 7.05 Å². The maximum Gasteiger partial charge on any atom is 0.191 e. The minimum absolute atomic E-state index is 0. The number of nitrogens with zero attached hydrogens (tertiary/aromatic N) is 3. The fourth-order valence-corrected chi connectivity index (χ4v) is 4.10. The first-order valence-electron chi connectivity index (χ1n) is 10.8. The summed E-state index contributed by atoms with van der Waals surface area (Å²) in [5.41, 5.74) is 2.68. The number of hydrogen-bond acceptors (Lipinski definition) is 5. The highest BCUT2D eigenvalue weighted by Crippen LogP contribution is 2.17. The number of benzene rings is 1. The first-order valence-corrected chi connectivity index (χ1v) is 10.8. The minimum atomic E-state index is 0. The van der Waals surface area contributed by atoms with Crippen LogP contribution in [-0.2, 0) is 22.6 Å². The van der Waals surface area contributed by atoms with Gasteiger partial charge in [-0.2, -0.15) is 0 Å². The maximum absolute atomic E-state index is 5.87. The summed E-state index contributed by atoms with van der Waals surface area (Å²) < 4.78 is 11.3. The van der Waals surface area contributed by atoms with Gasteiger partial charge < -0.3 is 20.1 Å². The quantitative estimate of drug-likeness (QED) is 0.319. The molecule has 0 saturated carbocycles. The van der Waals surface area contributed by atoms with E-state index in [0.717, 1.165) is 71.5 Å². The van der Waals surface area contributed by atoms with Gasteiger partial charge in [0.15, 0.2) is 5.96 Å². The fraction of sp³-hybridized carbons (Fsp3) is 0.682. The van der Waals surface area contributed by atoms with Crippen molar-refractivity contribution in [2.24, 2.45) is 4.99 Å². The molecular weight excluding hydrogens is 493 g/mol. The molecule has 0 bridgehead atoms. The van der Waals surface area contributed by atoms with Gasteiger partial charge in [0.1, 0.15) is 0 Å². The predicted molar refractivity (Wildman–Crippen MR) is 133 cm³/mol. The Balaban J connectivity index is 0.00000320. The maximum atomic E-state index is 5.87. The second-order valence-corrected chi connectivity index (χ2v) is 8.03. The number of halogens is 1. The SMILES string of the molecule is CN=C(NCCN1CCOCC1)NCc1ccccc1CN1CC(C)OC(C)C1.I. The second-order valence-electron chi connectivity index (χ2n) is 8.03. The predicted octanol–water partition coefficient (Wildman–Crippen LogP) is 1.91. The van der Waals surface area contributed by atoms with E-state index in [0.29, 0.717) is 12.2 Å². The molecule has 8 heteroatoms. The first-order chi connectivity index (χ1) is 14.1. The van der Waals surface area contributed by atoms with Crippen LogP contribution in [0.25, 0.3) is 0 Å². The standard InChI is InChI=1S/C22H37N5O2.HI/c1-18-15-27(16-19(2)29-18)17-21-7-5-4-6-20(21)14-25-22(23-3)24-8-9-26-10-12-28-13-11-26;/h4-7,18-19H,8-17H2,1-3H3,(H2,23,24,25);1H. The molecule has 3 rings (SSSR count). The van der Waals surface area contributed by atoms with Crippen molar-refractivity contribution >= 4 is 29.9 Å². The molecule has 2 saturated heterocycles. The molecule has 2 unspecified atom stereocenters. The van der Waals surface area contributed by atoms with Crippen molar-refractivity contribution < 1.29 is 9.47 Å². The Bertz CT molecular complexity index is 644. The summed E-state index contributed by atoms with van der Waals surface area (Å²) >= 11 is 0. The lowest BCUT2D eigenvalue weighted by molar-refractivity contribution is -0.0705. The molecule has 7 nitrogen and oxygen atoms in total. The highest BCUT2D eigenvalue weighted by atomic mass is 127. The van der Waals surface area contributed by atoms with E-state index in [1.54, 1.807) is 0 Å². The molecule has 1 aromatic rings. The molecule has 0 amide bonds. The highest BCUT2D eigenvalue weighted by Gasteiger charge is 2.22. The average Bonchev–Trinajstić information content (AvgIpc) is 2.71. The smallest absolute Gasteiger partial charge is 0.191 e. The molecule has 0 aromatic heterocycles. The third-order valence-electron chi connectivity index (χ3n) is 5.50. The number of aliphatic imine (C=N–C) groups is 1. The van der Waals surface area contributed by atoms with Crippen LogP contribution in [0.2, 0.25) is 0 Å². The van der Waals surface area contributed by atoms with Gasteiger partial charge in [0.25, 0.3) is 0 Å². The Labute approximate surface area is 198 Å². The number of nitrogens with one attached hydrogen (secondary N) is 2.